The minimum Gasteiger partial charge on any atom is -0.356 e. The number of guanidine groups is 1. The minimum absolute atomic E-state index is 0. The van der Waals surface area contributed by atoms with Crippen molar-refractivity contribution in [2.24, 2.45) is 4.99 Å². The van der Waals surface area contributed by atoms with Gasteiger partial charge in [-0.2, -0.15) is 0 Å². The van der Waals surface area contributed by atoms with E-state index in [1.807, 2.05) is 6.07 Å². The molecule has 0 bridgehead atoms. The number of rotatable bonds is 5. The molecule has 0 aliphatic carbocycles. The molecule has 0 fully saturated rings. The first-order chi connectivity index (χ1) is 10.7. The lowest BCUT2D eigenvalue weighted by Crippen LogP contribution is -2.37. The molecule has 5 heteroatoms. The molecule has 3 nitrogen and oxygen atoms in total. The Morgan fingerprint density at radius 2 is 1.78 bits per heavy atom. The highest BCUT2D eigenvalue weighted by Gasteiger charge is 1.99. The molecule has 23 heavy (non-hydrogen) atoms. The molecule has 0 saturated heterocycles. The van der Waals surface area contributed by atoms with Gasteiger partial charge in [-0.05, 0) is 36.6 Å². The third kappa shape index (κ3) is 6.99. The molecule has 0 radical (unpaired) electrons. The molecule has 0 saturated carbocycles. The van der Waals surface area contributed by atoms with E-state index in [2.05, 4.69) is 46.8 Å². The summed E-state index contributed by atoms with van der Waals surface area (Å²) in [5.41, 5.74) is 3.43. The van der Waals surface area contributed by atoms with Crippen LogP contribution in [0.25, 0.3) is 0 Å². The number of nitrogens with one attached hydrogen (secondary N) is 2. The molecule has 2 rings (SSSR count). The number of hydrogen-bond acceptors (Lipinski definition) is 1. The summed E-state index contributed by atoms with van der Waals surface area (Å²) in [7, 11) is 1.74. The van der Waals surface area contributed by atoms with Gasteiger partial charge in [-0.1, -0.05) is 42.0 Å². The molecule has 2 aromatic rings. The highest BCUT2D eigenvalue weighted by atomic mass is 127. The molecule has 2 aromatic carbocycles. The second kappa shape index (κ2) is 10.2. The fraction of sp³-hybridized carbons (Fsp3) is 0.278. The van der Waals surface area contributed by atoms with E-state index >= 15 is 0 Å². The van der Waals surface area contributed by atoms with Gasteiger partial charge >= 0.3 is 0 Å². The van der Waals surface area contributed by atoms with Crippen molar-refractivity contribution in [1.82, 2.24) is 10.6 Å². The van der Waals surface area contributed by atoms with Crippen LogP contribution in [-0.2, 0) is 13.0 Å². The Morgan fingerprint density at radius 3 is 2.43 bits per heavy atom. The lowest BCUT2D eigenvalue weighted by Gasteiger charge is -2.12. The van der Waals surface area contributed by atoms with Crippen LogP contribution in [-0.4, -0.2) is 19.6 Å². The van der Waals surface area contributed by atoms with E-state index in [-0.39, 0.29) is 29.8 Å². The summed E-state index contributed by atoms with van der Waals surface area (Å²) < 4.78 is 13.1. The van der Waals surface area contributed by atoms with Crippen LogP contribution >= 0.6 is 24.0 Å². The van der Waals surface area contributed by atoms with E-state index < -0.39 is 0 Å². The van der Waals surface area contributed by atoms with E-state index in [4.69, 9.17) is 0 Å². The van der Waals surface area contributed by atoms with Crippen molar-refractivity contribution in [2.75, 3.05) is 13.6 Å². The highest BCUT2D eigenvalue weighted by Crippen LogP contribution is 2.04. The molecule has 2 N–H and O–H groups in total. The second-order valence-corrected chi connectivity index (χ2v) is 5.22. The Hall–Kier alpha value is -1.63. The summed E-state index contributed by atoms with van der Waals surface area (Å²) in [4.78, 5) is 4.19. The summed E-state index contributed by atoms with van der Waals surface area (Å²) in [6.45, 7) is 3.50. The molecule has 0 spiro atoms. The van der Waals surface area contributed by atoms with Crippen molar-refractivity contribution in [3.05, 3.63) is 71.0 Å². The second-order valence-electron chi connectivity index (χ2n) is 5.22. The summed E-state index contributed by atoms with van der Waals surface area (Å²) >= 11 is 0. The lowest BCUT2D eigenvalue weighted by molar-refractivity contribution is 0.625. The van der Waals surface area contributed by atoms with Crippen LogP contribution in [0.2, 0.25) is 0 Å². The predicted octanol–water partition coefficient (Wildman–Crippen LogP) is 3.66. The molecule has 0 unspecified atom stereocenters. The van der Waals surface area contributed by atoms with Gasteiger partial charge in [-0.3, -0.25) is 4.99 Å². The first-order valence-corrected chi connectivity index (χ1v) is 7.42. The first kappa shape index (κ1) is 19.4. The first-order valence-electron chi connectivity index (χ1n) is 7.42. The van der Waals surface area contributed by atoms with Crippen molar-refractivity contribution >= 4 is 29.9 Å². The topological polar surface area (TPSA) is 36.4 Å². The molecule has 0 atom stereocenters. The van der Waals surface area contributed by atoms with Crippen molar-refractivity contribution in [1.29, 1.82) is 0 Å². The summed E-state index contributed by atoms with van der Waals surface area (Å²) in [6.07, 6.45) is 0.753. The van der Waals surface area contributed by atoms with E-state index in [1.165, 1.54) is 17.2 Å². The Bertz CT molecular complexity index is 626. The normalized spacial score (nSPS) is 10.8. The quantitative estimate of drug-likeness (QED) is 0.434. The van der Waals surface area contributed by atoms with E-state index in [9.17, 15) is 4.39 Å². The van der Waals surface area contributed by atoms with Crippen LogP contribution in [0.4, 0.5) is 4.39 Å². The highest BCUT2D eigenvalue weighted by molar-refractivity contribution is 14.0. The summed E-state index contributed by atoms with van der Waals surface area (Å²) in [5.74, 6) is 0.552. The maximum atomic E-state index is 13.1. The maximum Gasteiger partial charge on any atom is 0.191 e. The lowest BCUT2D eigenvalue weighted by atomic mass is 10.1. The number of aliphatic imine (C=N–C) groups is 1. The van der Waals surface area contributed by atoms with Crippen LogP contribution in [0.1, 0.15) is 16.7 Å². The average Bonchev–Trinajstić information content (AvgIpc) is 2.52. The Kier molecular flexibility index (Phi) is 8.61. The molecule has 0 aromatic heterocycles. The van der Waals surface area contributed by atoms with Crippen LogP contribution in [0.3, 0.4) is 0 Å². The number of aryl methyl sites for hydroxylation is 1. The summed E-state index contributed by atoms with van der Waals surface area (Å²) in [5, 5.41) is 6.50. The molecule has 0 heterocycles. The van der Waals surface area contributed by atoms with Crippen molar-refractivity contribution in [3.8, 4) is 0 Å². The Morgan fingerprint density at radius 1 is 1.04 bits per heavy atom. The zero-order valence-corrected chi connectivity index (χ0v) is 15.8. The van der Waals surface area contributed by atoms with Gasteiger partial charge in [0.25, 0.3) is 0 Å². The average molecular weight is 427 g/mol. The molecule has 0 aliphatic rings. The van der Waals surface area contributed by atoms with Gasteiger partial charge in [0.1, 0.15) is 5.82 Å². The smallest absolute Gasteiger partial charge is 0.191 e. The fourth-order valence-corrected chi connectivity index (χ4v) is 2.13. The summed E-state index contributed by atoms with van der Waals surface area (Å²) in [6, 6.07) is 15.1. The largest absolute Gasteiger partial charge is 0.356 e. The molecule has 124 valence electrons. The van der Waals surface area contributed by atoms with Gasteiger partial charge in [0.15, 0.2) is 5.96 Å². The van der Waals surface area contributed by atoms with Crippen molar-refractivity contribution < 1.29 is 4.39 Å². The van der Waals surface area contributed by atoms with E-state index in [1.54, 1.807) is 19.2 Å². The third-order valence-corrected chi connectivity index (χ3v) is 3.40. The van der Waals surface area contributed by atoms with Gasteiger partial charge in [-0.15, -0.1) is 24.0 Å². The zero-order chi connectivity index (χ0) is 15.8. The number of nitrogens with zero attached hydrogens (tertiary/aromatic N) is 1. The molecular weight excluding hydrogens is 404 g/mol. The number of hydrogen-bond donors (Lipinski definition) is 2. The van der Waals surface area contributed by atoms with Crippen LogP contribution in [0, 0.1) is 12.7 Å². The minimum atomic E-state index is -0.195. The number of benzene rings is 2. The van der Waals surface area contributed by atoms with Crippen molar-refractivity contribution in [2.45, 2.75) is 19.9 Å². The monoisotopic (exact) mass is 427 g/mol. The van der Waals surface area contributed by atoms with E-state index in [0.717, 1.165) is 24.5 Å². The predicted molar refractivity (Wildman–Crippen MR) is 105 cm³/mol. The van der Waals surface area contributed by atoms with Gasteiger partial charge in [0.2, 0.25) is 0 Å². The SMILES string of the molecule is CN=C(NCCc1cccc(F)c1)NCc1ccc(C)cc1.I. The maximum absolute atomic E-state index is 13.1. The molecular formula is C18H23FIN3. The van der Waals surface area contributed by atoms with E-state index in [0.29, 0.717) is 6.54 Å². The fourth-order valence-electron chi connectivity index (χ4n) is 2.13. The van der Waals surface area contributed by atoms with Crippen LogP contribution in [0.15, 0.2) is 53.5 Å². The Labute approximate surface area is 154 Å². The standard InChI is InChI=1S/C18H22FN3.HI/c1-14-6-8-16(9-7-14)13-22-18(20-2)21-11-10-15-4-3-5-17(19)12-15;/h3-9,12H,10-11,13H2,1-2H3,(H2,20,21,22);1H. The van der Waals surface area contributed by atoms with Crippen molar-refractivity contribution in [3.63, 3.8) is 0 Å². The van der Waals surface area contributed by atoms with Crippen LogP contribution in [0.5, 0.6) is 0 Å². The van der Waals surface area contributed by atoms with Gasteiger partial charge in [0, 0.05) is 20.1 Å². The van der Waals surface area contributed by atoms with Gasteiger partial charge in [0.05, 0.1) is 0 Å². The Balaban J connectivity index is 0.00000264. The molecule has 0 aliphatic heterocycles. The van der Waals surface area contributed by atoms with Crippen LogP contribution < -0.4 is 10.6 Å². The number of halogens is 2. The third-order valence-electron chi connectivity index (χ3n) is 3.40. The van der Waals surface area contributed by atoms with Gasteiger partial charge < -0.3 is 10.6 Å². The zero-order valence-electron chi connectivity index (χ0n) is 13.5. The van der Waals surface area contributed by atoms with Gasteiger partial charge in [-0.25, -0.2) is 4.39 Å². The molecule has 0 amide bonds.